The molecule has 1 fully saturated rings. The van der Waals surface area contributed by atoms with E-state index in [0.29, 0.717) is 4.77 Å². The molecule has 1 N–H and O–H groups in total. The van der Waals surface area contributed by atoms with E-state index in [4.69, 9.17) is 12.2 Å². The number of H-pyrrole nitrogens is 1. The lowest BCUT2D eigenvalue weighted by molar-refractivity contribution is 0.220. The van der Waals surface area contributed by atoms with E-state index in [-0.39, 0.29) is 5.56 Å². The molecule has 1 saturated heterocycles. The van der Waals surface area contributed by atoms with Gasteiger partial charge in [0, 0.05) is 25.4 Å². The van der Waals surface area contributed by atoms with Gasteiger partial charge < -0.3 is 9.47 Å². The Balaban J connectivity index is 1.93. The van der Waals surface area contributed by atoms with Gasteiger partial charge >= 0.3 is 0 Å². The first-order chi connectivity index (χ1) is 7.75. The SMILES string of the molecule is O=c1ccn(CCN2CCCCC2)c(=S)[nH]1. The molecule has 88 valence electrons. The summed E-state index contributed by atoms with van der Waals surface area (Å²) in [5.41, 5.74) is -0.126. The second kappa shape index (κ2) is 5.41. The van der Waals surface area contributed by atoms with E-state index in [9.17, 15) is 4.79 Å². The topological polar surface area (TPSA) is 41.0 Å². The Labute approximate surface area is 99.9 Å². The molecule has 0 spiro atoms. The molecule has 0 aromatic carbocycles. The summed E-state index contributed by atoms with van der Waals surface area (Å²) in [4.78, 5) is 16.1. The van der Waals surface area contributed by atoms with Crippen LogP contribution in [0.2, 0.25) is 0 Å². The van der Waals surface area contributed by atoms with Gasteiger partial charge in [-0.1, -0.05) is 6.42 Å². The highest BCUT2D eigenvalue weighted by atomic mass is 32.1. The van der Waals surface area contributed by atoms with Crippen LogP contribution < -0.4 is 5.56 Å². The van der Waals surface area contributed by atoms with E-state index >= 15 is 0 Å². The average Bonchev–Trinajstić information content (AvgIpc) is 2.29. The van der Waals surface area contributed by atoms with Gasteiger partial charge in [0.1, 0.15) is 0 Å². The maximum absolute atomic E-state index is 11.0. The van der Waals surface area contributed by atoms with Crippen molar-refractivity contribution in [3.8, 4) is 0 Å². The van der Waals surface area contributed by atoms with Crippen molar-refractivity contribution in [2.45, 2.75) is 25.8 Å². The molecule has 4 nitrogen and oxygen atoms in total. The van der Waals surface area contributed by atoms with Crippen molar-refractivity contribution in [2.75, 3.05) is 19.6 Å². The van der Waals surface area contributed by atoms with Crippen molar-refractivity contribution in [3.63, 3.8) is 0 Å². The fourth-order valence-electron chi connectivity index (χ4n) is 2.05. The van der Waals surface area contributed by atoms with Crippen molar-refractivity contribution in [1.82, 2.24) is 14.5 Å². The summed E-state index contributed by atoms with van der Waals surface area (Å²) >= 11 is 5.10. The van der Waals surface area contributed by atoms with Crippen LogP contribution in [0.5, 0.6) is 0 Å². The highest BCUT2D eigenvalue weighted by Crippen LogP contribution is 2.08. The molecule has 1 aliphatic rings. The number of nitrogens with zero attached hydrogens (tertiary/aromatic N) is 2. The molecule has 5 heteroatoms. The van der Waals surface area contributed by atoms with Gasteiger partial charge in [0.15, 0.2) is 4.77 Å². The predicted octanol–water partition coefficient (Wildman–Crippen LogP) is 1.39. The van der Waals surface area contributed by atoms with Gasteiger partial charge in [0.05, 0.1) is 0 Å². The Kier molecular flexibility index (Phi) is 3.90. The summed E-state index contributed by atoms with van der Waals surface area (Å²) in [5, 5.41) is 0. The average molecular weight is 239 g/mol. The Morgan fingerprint density at radius 3 is 2.69 bits per heavy atom. The molecule has 0 saturated carbocycles. The van der Waals surface area contributed by atoms with E-state index in [1.165, 1.54) is 38.4 Å². The van der Waals surface area contributed by atoms with Crippen LogP contribution in [0.1, 0.15) is 19.3 Å². The van der Waals surface area contributed by atoms with E-state index in [0.717, 1.165) is 13.1 Å². The van der Waals surface area contributed by atoms with Gasteiger partial charge in [-0.05, 0) is 38.1 Å². The Morgan fingerprint density at radius 2 is 2.00 bits per heavy atom. The van der Waals surface area contributed by atoms with Crippen LogP contribution in [0, 0.1) is 4.77 Å². The molecule has 0 unspecified atom stereocenters. The minimum absolute atomic E-state index is 0.126. The summed E-state index contributed by atoms with van der Waals surface area (Å²) in [6.45, 7) is 4.25. The lowest BCUT2D eigenvalue weighted by atomic mass is 10.1. The Hall–Kier alpha value is -0.940. The van der Waals surface area contributed by atoms with Crippen LogP contribution >= 0.6 is 12.2 Å². The predicted molar refractivity (Wildman–Crippen MR) is 66.2 cm³/mol. The fourth-order valence-corrected chi connectivity index (χ4v) is 2.31. The van der Waals surface area contributed by atoms with Gasteiger partial charge in [0.2, 0.25) is 0 Å². The highest BCUT2D eigenvalue weighted by Gasteiger charge is 2.09. The minimum atomic E-state index is -0.126. The van der Waals surface area contributed by atoms with Crippen LogP contribution in [0.15, 0.2) is 17.1 Å². The van der Waals surface area contributed by atoms with Gasteiger partial charge in [-0.15, -0.1) is 0 Å². The standard InChI is InChI=1S/C11H17N3OS/c15-10-4-7-14(11(16)12-10)9-8-13-5-2-1-3-6-13/h4,7H,1-3,5-6,8-9H2,(H,12,15,16). The summed E-state index contributed by atoms with van der Waals surface area (Å²) in [5.74, 6) is 0. The smallest absolute Gasteiger partial charge is 0.251 e. The molecule has 1 aromatic heterocycles. The number of rotatable bonds is 3. The summed E-state index contributed by atoms with van der Waals surface area (Å²) in [6, 6.07) is 1.52. The molecule has 2 rings (SSSR count). The zero-order valence-electron chi connectivity index (χ0n) is 9.32. The van der Waals surface area contributed by atoms with E-state index in [1.54, 1.807) is 6.20 Å². The zero-order valence-corrected chi connectivity index (χ0v) is 10.1. The van der Waals surface area contributed by atoms with Crippen LogP contribution in [0.3, 0.4) is 0 Å². The third-order valence-electron chi connectivity index (χ3n) is 3.00. The molecule has 0 aliphatic carbocycles. The number of likely N-dealkylation sites (tertiary alicyclic amines) is 1. The molecule has 0 atom stereocenters. The number of aromatic amines is 1. The second-order valence-corrected chi connectivity index (χ2v) is 4.59. The van der Waals surface area contributed by atoms with Gasteiger partial charge in [-0.2, -0.15) is 0 Å². The number of hydrogen-bond acceptors (Lipinski definition) is 3. The molecule has 1 aromatic rings. The minimum Gasteiger partial charge on any atom is -0.324 e. The Morgan fingerprint density at radius 1 is 1.25 bits per heavy atom. The monoisotopic (exact) mass is 239 g/mol. The first-order valence-corrected chi connectivity index (χ1v) is 6.19. The van der Waals surface area contributed by atoms with Crippen molar-refractivity contribution < 1.29 is 0 Å². The molecule has 16 heavy (non-hydrogen) atoms. The van der Waals surface area contributed by atoms with Crippen LogP contribution in [-0.4, -0.2) is 34.1 Å². The molecule has 0 amide bonds. The zero-order chi connectivity index (χ0) is 11.4. The number of piperidine rings is 1. The van der Waals surface area contributed by atoms with Crippen molar-refractivity contribution >= 4 is 12.2 Å². The fraction of sp³-hybridized carbons (Fsp3) is 0.636. The van der Waals surface area contributed by atoms with E-state index < -0.39 is 0 Å². The summed E-state index contributed by atoms with van der Waals surface area (Å²) in [7, 11) is 0. The normalized spacial score (nSPS) is 17.5. The quantitative estimate of drug-likeness (QED) is 0.810. The van der Waals surface area contributed by atoms with E-state index in [2.05, 4.69) is 9.88 Å². The molecule has 1 aliphatic heterocycles. The largest absolute Gasteiger partial charge is 0.324 e. The lowest BCUT2D eigenvalue weighted by Gasteiger charge is -2.26. The lowest BCUT2D eigenvalue weighted by Crippen LogP contribution is -2.32. The first-order valence-electron chi connectivity index (χ1n) is 5.78. The van der Waals surface area contributed by atoms with Crippen LogP contribution in [0.4, 0.5) is 0 Å². The third kappa shape index (κ3) is 3.02. The number of hydrogen-bond donors (Lipinski definition) is 1. The molecular formula is C11H17N3OS. The maximum atomic E-state index is 11.0. The highest BCUT2D eigenvalue weighted by molar-refractivity contribution is 7.71. The summed E-state index contributed by atoms with van der Waals surface area (Å²) < 4.78 is 2.44. The van der Waals surface area contributed by atoms with Gasteiger partial charge in [0.25, 0.3) is 5.56 Å². The third-order valence-corrected chi connectivity index (χ3v) is 3.34. The molecule has 0 bridgehead atoms. The number of nitrogens with one attached hydrogen (secondary N) is 1. The van der Waals surface area contributed by atoms with E-state index in [1.807, 2.05) is 4.57 Å². The molecule has 0 radical (unpaired) electrons. The first kappa shape index (κ1) is 11.5. The van der Waals surface area contributed by atoms with Crippen molar-refractivity contribution in [1.29, 1.82) is 0 Å². The van der Waals surface area contributed by atoms with Gasteiger partial charge in [-0.25, -0.2) is 0 Å². The molecular weight excluding hydrogens is 222 g/mol. The van der Waals surface area contributed by atoms with Crippen LogP contribution in [0.25, 0.3) is 0 Å². The summed E-state index contributed by atoms with van der Waals surface area (Å²) in [6.07, 6.45) is 5.73. The maximum Gasteiger partial charge on any atom is 0.251 e. The Bertz CT molecular complexity index is 445. The second-order valence-electron chi connectivity index (χ2n) is 4.21. The van der Waals surface area contributed by atoms with Crippen LogP contribution in [-0.2, 0) is 6.54 Å². The van der Waals surface area contributed by atoms with Crippen molar-refractivity contribution in [3.05, 3.63) is 27.4 Å². The van der Waals surface area contributed by atoms with Crippen molar-refractivity contribution in [2.24, 2.45) is 0 Å². The van der Waals surface area contributed by atoms with Gasteiger partial charge in [-0.3, -0.25) is 9.78 Å². The number of aromatic nitrogens is 2. The molecule has 2 heterocycles.